The van der Waals surface area contributed by atoms with E-state index in [2.05, 4.69) is 377 Å². The highest BCUT2D eigenvalue weighted by Crippen LogP contribution is 2.43. The molecular formula is C124H158N2. The molecular weight excluding hydrogens is 1520 g/mol. The second-order valence-corrected chi connectivity index (χ2v) is 25.6. The van der Waals surface area contributed by atoms with Gasteiger partial charge in [0.05, 0.1) is 11.0 Å². The average molecular weight is 1680 g/mol. The molecule has 2 heterocycles. The van der Waals surface area contributed by atoms with Crippen molar-refractivity contribution in [1.29, 1.82) is 0 Å². The van der Waals surface area contributed by atoms with E-state index in [0.717, 1.165) is 0 Å². The Labute approximate surface area is 764 Å². The van der Waals surface area contributed by atoms with Crippen LogP contribution in [-0.2, 0) is 7.05 Å². The molecule has 18 aromatic carbocycles. The van der Waals surface area contributed by atoms with Gasteiger partial charge in [-0.25, -0.2) is 0 Å². The van der Waals surface area contributed by atoms with Crippen molar-refractivity contribution in [1.82, 2.24) is 9.13 Å². The van der Waals surface area contributed by atoms with Gasteiger partial charge in [-0.2, -0.15) is 0 Å². The molecule has 0 aliphatic carbocycles. The van der Waals surface area contributed by atoms with Gasteiger partial charge in [0.15, 0.2) is 0 Å². The van der Waals surface area contributed by atoms with Crippen LogP contribution in [0.1, 0.15) is 224 Å². The van der Waals surface area contributed by atoms with Crippen LogP contribution in [-0.4, -0.2) is 9.13 Å². The van der Waals surface area contributed by atoms with E-state index in [-0.39, 0.29) is 0 Å². The maximum atomic E-state index is 2.38. The number of rotatable bonds is 3. The fraction of sp³-hybridized carbons (Fsp3) is 0.274. The van der Waals surface area contributed by atoms with Crippen molar-refractivity contribution in [2.75, 3.05) is 0 Å². The topological polar surface area (TPSA) is 9.86 Å². The molecule has 0 fully saturated rings. The molecule has 0 unspecified atom stereocenters. The quantitative estimate of drug-likeness (QED) is 0.156. The predicted molar refractivity (Wildman–Crippen MR) is 587 cm³/mol. The first kappa shape index (κ1) is 110. The van der Waals surface area contributed by atoms with Crippen LogP contribution < -0.4 is 0 Å². The summed E-state index contributed by atoms with van der Waals surface area (Å²) in [4.78, 5) is 0. The number of aryl methyl sites for hydroxylation is 4. The van der Waals surface area contributed by atoms with Crippen LogP contribution >= 0.6 is 0 Å². The summed E-state index contributed by atoms with van der Waals surface area (Å²) in [5.74, 6) is 0. The molecule has 0 saturated heterocycles. The standard InChI is InChI=1S/C25H18N2.2C25H18.C19H14.15C2H6/c1-26-22-11-5-2-10-20(22)21-16-17(14-15-23(21)26)27-24-12-6-3-8-18(24)19-9-4-7-13-25(19)27;1-17-8-2-3-9-19(17)18-14-15-24-22-12-5-4-10-20(22)21-11-6-7-13-23(21)25(24)16-18;1-17-13-15-18(16-14-17)19-11-6-12-24-22-8-3-2-7-20(22)21-9-4-5-10-23(21)25(19)24;1-13-7-6-12-18-16-9-3-2-8-14(16)15-10-4-5-11-17(15)19(13)18;15*1-2/h2-16H,1H3;2*2-16H,1H3;2-12H,1H3;15*1-2H3. The maximum Gasteiger partial charge on any atom is 0.0541 e. The van der Waals surface area contributed by atoms with Gasteiger partial charge < -0.3 is 9.13 Å². The molecule has 20 aromatic rings. The molecule has 2 nitrogen and oxygen atoms in total. The van der Waals surface area contributed by atoms with Crippen molar-refractivity contribution in [2.24, 2.45) is 7.05 Å². The lowest BCUT2D eigenvalue weighted by Gasteiger charge is -2.14. The van der Waals surface area contributed by atoms with Crippen molar-refractivity contribution in [3.63, 3.8) is 0 Å². The molecule has 2 heteroatoms. The molecule has 0 amide bonds. The molecule has 2 aromatic heterocycles. The van der Waals surface area contributed by atoms with E-state index >= 15 is 0 Å². The summed E-state index contributed by atoms with van der Waals surface area (Å²) < 4.78 is 4.66. The van der Waals surface area contributed by atoms with Crippen molar-refractivity contribution in [3.8, 4) is 27.9 Å². The Kier molecular flexibility index (Phi) is 53.5. The van der Waals surface area contributed by atoms with Gasteiger partial charge in [0.1, 0.15) is 0 Å². The van der Waals surface area contributed by atoms with Crippen molar-refractivity contribution in [3.05, 3.63) is 356 Å². The lowest BCUT2D eigenvalue weighted by molar-refractivity contribution is 1.01. The Bertz CT molecular complexity index is 6260. The van der Waals surface area contributed by atoms with Crippen LogP contribution in [0.3, 0.4) is 0 Å². The van der Waals surface area contributed by atoms with Crippen LogP contribution in [0, 0.1) is 20.8 Å². The summed E-state index contributed by atoms with van der Waals surface area (Å²) in [6.45, 7) is 66.5. The van der Waals surface area contributed by atoms with Crippen LogP contribution in [0.25, 0.3) is 169 Å². The van der Waals surface area contributed by atoms with Gasteiger partial charge in [0.25, 0.3) is 0 Å². The van der Waals surface area contributed by atoms with E-state index in [9.17, 15) is 0 Å². The van der Waals surface area contributed by atoms with Gasteiger partial charge in [-0.3, -0.25) is 0 Å². The summed E-state index contributed by atoms with van der Waals surface area (Å²) >= 11 is 0. The molecule has 0 saturated carbocycles. The van der Waals surface area contributed by atoms with Crippen molar-refractivity contribution < 1.29 is 0 Å². The highest BCUT2D eigenvalue weighted by molar-refractivity contribution is 6.30. The van der Waals surface area contributed by atoms with Crippen LogP contribution in [0.4, 0.5) is 0 Å². The van der Waals surface area contributed by atoms with Gasteiger partial charge in [-0.1, -0.05) is 511 Å². The van der Waals surface area contributed by atoms with E-state index in [1.807, 2.05) is 208 Å². The smallest absolute Gasteiger partial charge is 0.0541 e. The first-order valence-electron chi connectivity index (χ1n) is 48.4. The zero-order valence-electron chi connectivity index (χ0n) is 84.2. The number of hydrogen-bond acceptors (Lipinski definition) is 0. The maximum absolute atomic E-state index is 2.38. The molecule has 0 aliphatic rings. The normalized spacial score (nSPS) is 9.51. The SMILES string of the molecule is CC.CC.CC.CC.CC.CC.CC.CC.CC.CC.CC.CC.CC.CC.CC.Cc1ccc(-c2cccc3c4ccccc4c4ccccc4c23)cc1.Cc1cccc2c3ccccc3c3ccccc3c12.Cc1ccccc1-c1ccc2c3ccccc3c3ccccc3c2c1.Cn1c2ccccc2c2cc(-n3c4ccccc4c4ccccc43)ccc21. The highest BCUT2D eigenvalue weighted by Gasteiger charge is 2.17. The van der Waals surface area contributed by atoms with E-state index in [0.29, 0.717) is 0 Å². The fourth-order valence-electron chi connectivity index (χ4n) is 15.5. The van der Waals surface area contributed by atoms with Gasteiger partial charge in [0, 0.05) is 45.3 Å². The third-order valence-corrected chi connectivity index (χ3v) is 20.0. The van der Waals surface area contributed by atoms with Gasteiger partial charge in [-0.05, 0) is 194 Å². The second-order valence-electron chi connectivity index (χ2n) is 25.6. The summed E-state index contributed by atoms with van der Waals surface area (Å²) in [6, 6.07) is 123. The largest absolute Gasteiger partial charge is 0.344 e. The Morgan fingerprint density at radius 3 is 0.794 bits per heavy atom. The number of para-hydroxylation sites is 3. The molecule has 664 valence electrons. The van der Waals surface area contributed by atoms with Gasteiger partial charge >= 0.3 is 0 Å². The Morgan fingerprint density at radius 1 is 0.159 bits per heavy atom. The second kappa shape index (κ2) is 61.3. The third kappa shape index (κ3) is 25.2. The Balaban J connectivity index is 0.000000518. The van der Waals surface area contributed by atoms with Crippen LogP contribution in [0.5, 0.6) is 0 Å². The zero-order valence-corrected chi connectivity index (χ0v) is 84.2. The summed E-state index contributed by atoms with van der Waals surface area (Å²) in [6.07, 6.45) is 0. The molecule has 0 spiro atoms. The van der Waals surface area contributed by atoms with Crippen LogP contribution in [0.15, 0.2) is 340 Å². The summed E-state index contributed by atoms with van der Waals surface area (Å²) in [5, 5.41) is 29.3. The van der Waals surface area contributed by atoms with Gasteiger partial charge in [0.2, 0.25) is 0 Å². The average Bonchev–Trinajstić information content (AvgIpc) is 1.51. The van der Waals surface area contributed by atoms with Crippen LogP contribution in [0.2, 0.25) is 0 Å². The first-order valence-corrected chi connectivity index (χ1v) is 48.4. The van der Waals surface area contributed by atoms with E-state index in [1.165, 1.54) is 185 Å². The lowest BCUT2D eigenvalue weighted by atomic mass is 9.89. The number of aromatic nitrogens is 2. The minimum Gasteiger partial charge on any atom is -0.344 e. The summed E-state index contributed by atoms with van der Waals surface area (Å²) in [7, 11) is 2.14. The Morgan fingerprint density at radius 2 is 0.413 bits per heavy atom. The molecule has 126 heavy (non-hydrogen) atoms. The van der Waals surface area contributed by atoms with E-state index in [4.69, 9.17) is 0 Å². The number of fused-ring (bicyclic) bond motifs is 24. The minimum atomic E-state index is 1.20. The molecule has 0 aliphatic heterocycles. The molecule has 0 atom stereocenters. The number of hydrogen-bond donors (Lipinski definition) is 0. The summed E-state index contributed by atoms with van der Waals surface area (Å²) in [5.41, 5.74) is 15.4. The van der Waals surface area contributed by atoms with E-state index in [1.54, 1.807) is 0 Å². The number of nitrogens with zero attached hydrogens (tertiary/aromatic N) is 2. The monoisotopic (exact) mass is 1680 g/mol. The molecule has 20 rings (SSSR count). The van der Waals surface area contributed by atoms with Crippen molar-refractivity contribution >= 4 is 141 Å². The number of benzene rings is 18. The molecule has 0 N–H and O–H groups in total. The third-order valence-electron chi connectivity index (χ3n) is 20.0. The minimum absolute atomic E-state index is 1.20. The first-order chi connectivity index (χ1) is 62.3. The molecule has 0 radical (unpaired) electrons. The molecule has 0 bridgehead atoms. The predicted octanol–water partition coefficient (Wildman–Crippen LogP) is 41.5. The highest BCUT2D eigenvalue weighted by atomic mass is 15.0. The van der Waals surface area contributed by atoms with Gasteiger partial charge in [-0.15, -0.1) is 0 Å². The van der Waals surface area contributed by atoms with E-state index < -0.39 is 0 Å². The Hall–Kier alpha value is -12.1. The zero-order chi connectivity index (χ0) is 94.4. The lowest BCUT2D eigenvalue weighted by Crippen LogP contribution is -1.94. The van der Waals surface area contributed by atoms with Crippen molar-refractivity contribution in [2.45, 2.75) is 228 Å². The fourth-order valence-corrected chi connectivity index (χ4v) is 15.5.